The molecule has 0 unspecified atom stereocenters. The molecule has 0 saturated heterocycles. The lowest BCUT2D eigenvalue weighted by Crippen LogP contribution is -2.11. The fourth-order valence-electron chi connectivity index (χ4n) is 0.706. The maximum atomic E-state index is 11.9. The summed E-state index contributed by atoms with van der Waals surface area (Å²) < 4.78 is 35.6. The molecule has 60 valence electrons. The molecule has 1 rings (SSSR count). The van der Waals surface area contributed by atoms with Crippen LogP contribution in [0.3, 0.4) is 0 Å². The van der Waals surface area contributed by atoms with Crippen molar-refractivity contribution in [3.05, 3.63) is 29.2 Å². The Bertz CT molecular complexity index is 253. The van der Waals surface area contributed by atoms with E-state index in [1.54, 1.807) is 0 Å². The van der Waals surface area contributed by atoms with Crippen molar-refractivity contribution in [1.82, 2.24) is 0 Å². The highest BCUT2D eigenvalue weighted by Gasteiger charge is 2.32. The van der Waals surface area contributed by atoms with Gasteiger partial charge < -0.3 is 5.73 Å². The van der Waals surface area contributed by atoms with Gasteiger partial charge in [0.05, 0.1) is 11.3 Å². The molecule has 0 bridgehead atoms. The standard InChI is InChI=1S/C7H6F3N/c8-7(9,10)5-1-3-6(11)4-2-5/h1-2H,3,11H2. The fourth-order valence-corrected chi connectivity index (χ4v) is 0.706. The molecule has 4 heteroatoms. The SMILES string of the molecule is NC1=C=CC(C(F)(F)F)=CC1. The molecule has 2 N–H and O–H groups in total. The first-order valence-corrected chi connectivity index (χ1v) is 2.98. The van der Waals surface area contributed by atoms with Crippen LogP contribution >= 0.6 is 0 Å². The number of allylic oxidation sites excluding steroid dienone is 2. The van der Waals surface area contributed by atoms with Gasteiger partial charge in [0.15, 0.2) is 0 Å². The third-order valence-electron chi connectivity index (χ3n) is 1.28. The van der Waals surface area contributed by atoms with Gasteiger partial charge in [-0.1, -0.05) is 11.8 Å². The lowest BCUT2D eigenvalue weighted by atomic mass is 10.1. The van der Waals surface area contributed by atoms with Crippen LogP contribution in [0.25, 0.3) is 0 Å². The Morgan fingerprint density at radius 2 is 2.09 bits per heavy atom. The van der Waals surface area contributed by atoms with Gasteiger partial charge >= 0.3 is 6.18 Å². The summed E-state index contributed by atoms with van der Waals surface area (Å²) in [6, 6.07) is 0. The topological polar surface area (TPSA) is 26.0 Å². The number of rotatable bonds is 0. The molecular formula is C7H6F3N. The average molecular weight is 161 g/mol. The van der Waals surface area contributed by atoms with E-state index in [2.05, 4.69) is 5.73 Å². The fraction of sp³-hybridized carbons (Fsp3) is 0.286. The van der Waals surface area contributed by atoms with Crippen LogP contribution in [0, 0.1) is 0 Å². The molecule has 1 aliphatic rings. The Hall–Kier alpha value is -1.15. The second-order valence-electron chi connectivity index (χ2n) is 2.18. The van der Waals surface area contributed by atoms with E-state index in [1.165, 1.54) is 0 Å². The molecule has 0 aliphatic heterocycles. The van der Waals surface area contributed by atoms with E-state index in [0.29, 0.717) is 5.70 Å². The molecule has 0 radical (unpaired) electrons. The molecule has 0 saturated carbocycles. The van der Waals surface area contributed by atoms with Crippen molar-refractivity contribution >= 4 is 0 Å². The molecule has 0 aromatic rings. The highest BCUT2D eigenvalue weighted by atomic mass is 19.4. The second-order valence-corrected chi connectivity index (χ2v) is 2.18. The summed E-state index contributed by atoms with van der Waals surface area (Å²) in [7, 11) is 0. The molecule has 11 heavy (non-hydrogen) atoms. The van der Waals surface area contributed by atoms with Gasteiger partial charge in [0.1, 0.15) is 0 Å². The summed E-state index contributed by atoms with van der Waals surface area (Å²) in [6.07, 6.45) is -2.23. The van der Waals surface area contributed by atoms with Crippen LogP contribution in [0.2, 0.25) is 0 Å². The van der Waals surface area contributed by atoms with Crippen LogP contribution in [0.5, 0.6) is 0 Å². The summed E-state index contributed by atoms with van der Waals surface area (Å²) >= 11 is 0. The first-order valence-electron chi connectivity index (χ1n) is 2.98. The Morgan fingerprint density at radius 1 is 1.45 bits per heavy atom. The molecule has 1 aliphatic carbocycles. The van der Waals surface area contributed by atoms with E-state index in [9.17, 15) is 13.2 Å². The minimum absolute atomic E-state index is 0.130. The summed E-state index contributed by atoms with van der Waals surface area (Å²) in [5, 5.41) is 0. The van der Waals surface area contributed by atoms with Crippen LogP contribution < -0.4 is 5.73 Å². The Kier molecular flexibility index (Phi) is 1.79. The monoisotopic (exact) mass is 161 g/mol. The first-order chi connectivity index (χ1) is 5.00. The maximum Gasteiger partial charge on any atom is 0.416 e. The second kappa shape index (κ2) is 2.47. The van der Waals surface area contributed by atoms with E-state index in [1.807, 2.05) is 0 Å². The predicted octanol–water partition coefficient (Wildman–Crippen LogP) is 1.88. The largest absolute Gasteiger partial charge is 0.416 e. The van der Waals surface area contributed by atoms with Crippen LogP contribution in [-0.2, 0) is 0 Å². The van der Waals surface area contributed by atoms with Gasteiger partial charge in [-0.25, -0.2) is 0 Å². The van der Waals surface area contributed by atoms with Crippen LogP contribution in [0.15, 0.2) is 29.2 Å². The molecule has 0 atom stereocenters. The summed E-state index contributed by atoms with van der Waals surface area (Å²) in [6.45, 7) is 0. The quantitative estimate of drug-likeness (QED) is 0.539. The normalized spacial score (nSPS) is 17.7. The number of alkyl halides is 3. The summed E-state index contributed by atoms with van der Waals surface area (Å²) in [5.74, 6) is 0. The number of hydrogen-bond acceptors (Lipinski definition) is 1. The zero-order valence-corrected chi connectivity index (χ0v) is 5.57. The minimum Gasteiger partial charge on any atom is -0.396 e. The number of hydrogen-bond donors (Lipinski definition) is 1. The highest BCUT2D eigenvalue weighted by Crippen LogP contribution is 2.28. The van der Waals surface area contributed by atoms with E-state index in [4.69, 9.17) is 5.73 Å². The smallest absolute Gasteiger partial charge is 0.396 e. The van der Waals surface area contributed by atoms with Crippen molar-refractivity contribution in [3.63, 3.8) is 0 Å². The molecule has 0 fully saturated rings. The lowest BCUT2D eigenvalue weighted by molar-refractivity contribution is -0.0884. The summed E-state index contributed by atoms with van der Waals surface area (Å²) in [4.78, 5) is 0. The van der Waals surface area contributed by atoms with Gasteiger partial charge in [-0.05, 0) is 6.08 Å². The zero-order chi connectivity index (χ0) is 8.48. The number of halogens is 3. The van der Waals surface area contributed by atoms with Crippen LogP contribution in [0.1, 0.15) is 6.42 Å². The number of nitrogens with two attached hydrogens (primary N) is 1. The summed E-state index contributed by atoms with van der Waals surface area (Å²) in [5.41, 5.74) is 7.18. The molecule has 0 heterocycles. The van der Waals surface area contributed by atoms with Crippen LogP contribution in [-0.4, -0.2) is 6.18 Å². The molecule has 0 amide bonds. The van der Waals surface area contributed by atoms with Gasteiger partial charge in [0.2, 0.25) is 0 Å². The van der Waals surface area contributed by atoms with Crippen molar-refractivity contribution < 1.29 is 13.2 Å². The zero-order valence-electron chi connectivity index (χ0n) is 5.57. The highest BCUT2D eigenvalue weighted by molar-refractivity contribution is 5.29. The molecular weight excluding hydrogens is 155 g/mol. The van der Waals surface area contributed by atoms with E-state index >= 15 is 0 Å². The van der Waals surface area contributed by atoms with Crippen molar-refractivity contribution in [2.75, 3.05) is 0 Å². The van der Waals surface area contributed by atoms with Gasteiger partial charge in [-0.3, -0.25) is 0 Å². The molecule has 1 nitrogen and oxygen atoms in total. The Balaban J connectivity index is 2.89. The first kappa shape index (κ1) is 7.95. The average Bonchev–Trinajstić information content (AvgIpc) is 1.86. The molecule has 0 aromatic carbocycles. The van der Waals surface area contributed by atoms with Crippen molar-refractivity contribution in [1.29, 1.82) is 0 Å². The van der Waals surface area contributed by atoms with E-state index in [0.717, 1.165) is 12.2 Å². The van der Waals surface area contributed by atoms with Gasteiger partial charge in [0.25, 0.3) is 0 Å². The lowest BCUT2D eigenvalue weighted by Gasteiger charge is -2.08. The maximum absolute atomic E-state index is 11.9. The van der Waals surface area contributed by atoms with Crippen molar-refractivity contribution in [2.24, 2.45) is 5.73 Å². The Labute approximate surface area is 61.7 Å². The predicted molar refractivity (Wildman–Crippen MR) is 34.5 cm³/mol. The van der Waals surface area contributed by atoms with E-state index < -0.39 is 11.7 Å². The third-order valence-corrected chi connectivity index (χ3v) is 1.28. The molecule has 0 aromatic heterocycles. The Morgan fingerprint density at radius 3 is 2.45 bits per heavy atom. The van der Waals surface area contributed by atoms with Gasteiger partial charge in [-0.2, -0.15) is 13.2 Å². The van der Waals surface area contributed by atoms with Gasteiger partial charge in [0, 0.05) is 6.42 Å². The minimum atomic E-state index is -4.27. The van der Waals surface area contributed by atoms with Crippen molar-refractivity contribution in [3.8, 4) is 0 Å². The van der Waals surface area contributed by atoms with Crippen molar-refractivity contribution in [2.45, 2.75) is 12.6 Å². The van der Waals surface area contributed by atoms with Gasteiger partial charge in [-0.15, -0.1) is 0 Å². The van der Waals surface area contributed by atoms with E-state index in [-0.39, 0.29) is 6.42 Å². The molecule has 0 spiro atoms. The van der Waals surface area contributed by atoms with Crippen LogP contribution in [0.4, 0.5) is 13.2 Å². The third kappa shape index (κ3) is 1.88.